The van der Waals surface area contributed by atoms with Gasteiger partial charge in [0.2, 0.25) is 0 Å². The molecule has 0 radical (unpaired) electrons. The SMILES string of the molecule is CCCCOC(=O)[C@H]1Cc2c([nH]c3ccccc23)[C@@H](C)N1. The highest BCUT2D eigenvalue weighted by Gasteiger charge is 2.31. The number of carbonyl (C=O) groups excluding carboxylic acids is 1. The predicted octanol–water partition coefficient (Wildman–Crippen LogP) is 3.09. The number of para-hydroxylation sites is 1. The second-order valence-corrected chi connectivity index (χ2v) is 5.73. The monoisotopic (exact) mass is 286 g/mol. The first-order valence-corrected chi connectivity index (χ1v) is 7.73. The van der Waals surface area contributed by atoms with Gasteiger partial charge in [-0.05, 0) is 25.0 Å². The minimum atomic E-state index is -0.247. The third-order valence-corrected chi connectivity index (χ3v) is 4.17. The molecule has 2 atom stereocenters. The van der Waals surface area contributed by atoms with Crippen molar-refractivity contribution in [1.82, 2.24) is 10.3 Å². The Labute approximate surface area is 124 Å². The fourth-order valence-electron chi connectivity index (χ4n) is 3.03. The van der Waals surface area contributed by atoms with Gasteiger partial charge in [-0.2, -0.15) is 0 Å². The Morgan fingerprint density at radius 2 is 2.19 bits per heavy atom. The average molecular weight is 286 g/mol. The zero-order valence-electron chi connectivity index (χ0n) is 12.6. The van der Waals surface area contributed by atoms with Crippen molar-refractivity contribution >= 4 is 16.9 Å². The summed E-state index contributed by atoms with van der Waals surface area (Å²) in [6.07, 6.45) is 2.65. The van der Waals surface area contributed by atoms with E-state index in [0.717, 1.165) is 18.4 Å². The van der Waals surface area contributed by atoms with E-state index < -0.39 is 0 Å². The smallest absolute Gasteiger partial charge is 0.323 e. The van der Waals surface area contributed by atoms with Gasteiger partial charge in [0.25, 0.3) is 0 Å². The Kier molecular flexibility index (Phi) is 3.97. The topological polar surface area (TPSA) is 54.1 Å². The van der Waals surface area contributed by atoms with Crippen molar-refractivity contribution in [3.63, 3.8) is 0 Å². The number of esters is 1. The highest BCUT2D eigenvalue weighted by molar-refractivity contribution is 5.87. The van der Waals surface area contributed by atoms with Gasteiger partial charge < -0.3 is 9.72 Å². The first-order valence-electron chi connectivity index (χ1n) is 7.73. The summed E-state index contributed by atoms with van der Waals surface area (Å²) in [6.45, 7) is 4.69. The molecule has 1 aliphatic rings. The van der Waals surface area contributed by atoms with Crippen LogP contribution in [0, 0.1) is 0 Å². The second kappa shape index (κ2) is 5.90. The number of benzene rings is 1. The van der Waals surface area contributed by atoms with Gasteiger partial charge in [-0.3, -0.25) is 10.1 Å². The molecule has 1 aliphatic heterocycles. The van der Waals surface area contributed by atoms with Crippen LogP contribution in [0.3, 0.4) is 0 Å². The van der Waals surface area contributed by atoms with E-state index in [2.05, 4.69) is 36.3 Å². The van der Waals surface area contributed by atoms with Gasteiger partial charge in [-0.15, -0.1) is 0 Å². The number of hydrogen-bond acceptors (Lipinski definition) is 3. The summed E-state index contributed by atoms with van der Waals surface area (Å²) >= 11 is 0. The number of hydrogen-bond donors (Lipinski definition) is 2. The lowest BCUT2D eigenvalue weighted by molar-refractivity contribution is -0.146. The first-order chi connectivity index (χ1) is 10.2. The molecule has 2 heterocycles. The van der Waals surface area contributed by atoms with Crippen molar-refractivity contribution in [2.45, 2.75) is 45.2 Å². The van der Waals surface area contributed by atoms with Crippen molar-refractivity contribution in [2.24, 2.45) is 0 Å². The van der Waals surface area contributed by atoms with Crippen LogP contribution in [0.25, 0.3) is 10.9 Å². The number of nitrogens with one attached hydrogen (secondary N) is 2. The van der Waals surface area contributed by atoms with Crippen LogP contribution in [0.5, 0.6) is 0 Å². The number of aromatic nitrogens is 1. The quantitative estimate of drug-likeness (QED) is 0.671. The third-order valence-electron chi connectivity index (χ3n) is 4.17. The Balaban J connectivity index is 1.82. The molecule has 2 N–H and O–H groups in total. The lowest BCUT2D eigenvalue weighted by atomic mass is 9.94. The van der Waals surface area contributed by atoms with Gasteiger partial charge in [0.1, 0.15) is 6.04 Å². The number of unbranched alkanes of at least 4 members (excludes halogenated alkanes) is 1. The summed E-state index contributed by atoms with van der Waals surface area (Å²) < 4.78 is 5.36. The number of fused-ring (bicyclic) bond motifs is 3. The Morgan fingerprint density at radius 1 is 1.38 bits per heavy atom. The summed E-state index contributed by atoms with van der Waals surface area (Å²) in [5.41, 5.74) is 3.57. The number of H-pyrrole nitrogens is 1. The van der Waals surface area contributed by atoms with E-state index in [-0.39, 0.29) is 18.1 Å². The molecule has 3 rings (SSSR count). The maximum Gasteiger partial charge on any atom is 0.323 e. The van der Waals surface area contributed by atoms with Crippen LogP contribution in [0.2, 0.25) is 0 Å². The van der Waals surface area contributed by atoms with Crippen LogP contribution < -0.4 is 5.32 Å². The number of carbonyl (C=O) groups is 1. The molecule has 112 valence electrons. The van der Waals surface area contributed by atoms with Gasteiger partial charge in [-0.25, -0.2) is 0 Å². The summed E-state index contributed by atoms with van der Waals surface area (Å²) in [7, 11) is 0. The third kappa shape index (κ3) is 2.68. The number of rotatable bonds is 4. The molecule has 0 amide bonds. The van der Waals surface area contributed by atoms with Gasteiger partial charge in [0.15, 0.2) is 0 Å². The number of ether oxygens (including phenoxy) is 1. The predicted molar refractivity (Wildman–Crippen MR) is 83.2 cm³/mol. The van der Waals surface area contributed by atoms with Crippen LogP contribution in [0.1, 0.15) is 44.0 Å². The van der Waals surface area contributed by atoms with E-state index in [1.165, 1.54) is 16.6 Å². The van der Waals surface area contributed by atoms with E-state index in [9.17, 15) is 4.79 Å². The fraction of sp³-hybridized carbons (Fsp3) is 0.471. The molecule has 0 fully saturated rings. The summed E-state index contributed by atoms with van der Waals surface area (Å²) in [5, 5.41) is 4.57. The van der Waals surface area contributed by atoms with Crippen LogP contribution in [0.4, 0.5) is 0 Å². The van der Waals surface area contributed by atoms with E-state index in [1.54, 1.807) is 0 Å². The van der Waals surface area contributed by atoms with E-state index in [0.29, 0.717) is 13.0 Å². The van der Waals surface area contributed by atoms with Gasteiger partial charge in [-0.1, -0.05) is 31.5 Å². The highest BCUT2D eigenvalue weighted by Crippen LogP contribution is 2.31. The molecule has 4 heteroatoms. The molecule has 0 aliphatic carbocycles. The lowest BCUT2D eigenvalue weighted by Crippen LogP contribution is -2.44. The second-order valence-electron chi connectivity index (χ2n) is 5.73. The standard InChI is InChI=1S/C17H22N2O2/c1-3-4-9-21-17(20)15-10-13-12-7-5-6-8-14(12)19-16(13)11(2)18-15/h5-8,11,15,18-19H,3-4,9-10H2,1-2H3/t11-,15-/m1/s1. The zero-order chi connectivity index (χ0) is 14.8. The molecule has 0 bridgehead atoms. The molecule has 4 nitrogen and oxygen atoms in total. The van der Waals surface area contributed by atoms with E-state index >= 15 is 0 Å². The molecule has 0 saturated heterocycles. The van der Waals surface area contributed by atoms with Crippen molar-refractivity contribution in [3.8, 4) is 0 Å². The van der Waals surface area contributed by atoms with E-state index in [1.807, 2.05) is 12.1 Å². The number of aromatic amines is 1. The van der Waals surface area contributed by atoms with E-state index in [4.69, 9.17) is 4.74 Å². The maximum absolute atomic E-state index is 12.2. The van der Waals surface area contributed by atoms with Gasteiger partial charge >= 0.3 is 5.97 Å². The molecule has 1 aromatic heterocycles. The zero-order valence-corrected chi connectivity index (χ0v) is 12.6. The minimum Gasteiger partial charge on any atom is -0.465 e. The lowest BCUT2D eigenvalue weighted by Gasteiger charge is -2.27. The van der Waals surface area contributed by atoms with Crippen LogP contribution >= 0.6 is 0 Å². The first kappa shape index (κ1) is 14.1. The van der Waals surface area contributed by atoms with Crippen molar-refractivity contribution < 1.29 is 9.53 Å². The summed E-state index contributed by atoms with van der Waals surface area (Å²) in [6, 6.07) is 8.14. The molecular weight excluding hydrogens is 264 g/mol. The Hall–Kier alpha value is -1.81. The molecule has 0 saturated carbocycles. The largest absolute Gasteiger partial charge is 0.465 e. The maximum atomic E-state index is 12.2. The van der Waals surface area contributed by atoms with Crippen LogP contribution in [-0.4, -0.2) is 23.6 Å². The molecular formula is C17H22N2O2. The normalized spacial score (nSPS) is 21.2. The minimum absolute atomic E-state index is 0.130. The molecule has 0 spiro atoms. The summed E-state index contributed by atoms with van der Waals surface area (Å²) in [4.78, 5) is 15.7. The molecule has 1 aromatic carbocycles. The average Bonchev–Trinajstić information content (AvgIpc) is 2.87. The Morgan fingerprint density at radius 3 is 3.00 bits per heavy atom. The van der Waals surface area contributed by atoms with Crippen molar-refractivity contribution in [2.75, 3.05) is 6.61 Å². The highest BCUT2D eigenvalue weighted by atomic mass is 16.5. The van der Waals surface area contributed by atoms with Crippen molar-refractivity contribution in [1.29, 1.82) is 0 Å². The summed E-state index contributed by atoms with van der Waals surface area (Å²) in [5.74, 6) is -0.133. The fourth-order valence-corrected chi connectivity index (χ4v) is 3.03. The molecule has 0 unspecified atom stereocenters. The van der Waals surface area contributed by atoms with Crippen LogP contribution in [-0.2, 0) is 16.0 Å². The molecule has 2 aromatic rings. The van der Waals surface area contributed by atoms with Crippen molar-refractivity contribution in [3.05, 3.63) is 35.5 Å². The van der Waals surface area contributed by atoms with Crippen LogP contribution in [0.15, 0.2) is 24.3 Å². The van der Waals surface area contributed by atoms with Gasteiger partial charge in [0.05, 0.1) is 6.61 Å². The van der Waals surface area contributed by atoms with Gasteiger partial charge in [0, 0.05) is 29.1 Å². The Bertz CT molecular complexity index is 647. The molecule has 21 heavy (non-hydrogen) atoms.